The quantitative estimate of drug-likeness (QED) is 0.243. The average molecular weight is 547 g/mol. The van der Waals surface area contributed by atoms with E-state index < -0.39 is 0 Å². The average Bonchev–Trinajstić information content (AvgIpc) is 3.47. The normalized spacial score (nSPS) is 16.8. The van der Waals surface area contributed by atoms with Gasteiger partial charge in [-0.2, -0.15) is 0 Å². The van der Waals surface area contributed by atoms with Gasteiger partial charge in [-0.05, 0) is 73.4 Å². The Balaban J connectivity index is 1.30. The molecule has 2 atom stereocenters. The highest BCUT2D eigenvalue weighted by Crippen LogP contribution is 2.41. The fourth-order valence-corrected chi connectivity index (χ4v) is 6.01. The van der Waals surface area contributed by atoms with Crippen LogP contribution in [-0.4, -0.2) is 37.0 Å². The maximum atomic E-state index is 13.2. The van der Waals surface area contributed by atoms with Crippen molar-refractivity contribution < 1.29 is 4.79 Å². The molecule has 40 heavy (non-hydrogen) atoms. The van der Waals surface area contributed by atoms with Crippen LogP contribution in [0.15, 0.2) is 97.3 Å². The Morgan fingerprint density at radius 2 is 1.70 bits per heavy atom. The van der Waals surface area contributed by atoms with Crippen LogP contribution in [0.2, 0.25) is 0 Å². The van der Waals surface area contributed by atoms with Gasteiger partial charge in [0.15, 0.2) is 5.11 Å². The SMILES string of the molecule is Cc1cc([C@@H]2[C@H](c3ccccn3)NC(=S)N2CCC(=O)Nc2cccc3ccccc23)c(C)n1-c1ccccn1. The van der Waals surface area contributed by atoms with Crippen molar-refractivity contribution in [1.82, 2.24) is 24.8 Å². The molecule has 1 amide bonds. The third kappa shape index (κ3) is 4.82. The molecular formula is C32H30N6OS. The maximum absolute atomic E-state index is 13.2. The third-order valence-electron chi connectivity index (χ3n) is 7.51. The van der Waals surface area contributed by atoms with Crippen molar-refractivity contribution in [3.05, 3.63) is 120 Å². The van der Waals surface area contributed by atoms with Crippen LogP contribution in [0, 0.1) is 13.8 Å². The second kappa shape index (κ2) is 10.9. The van der Waals surface area contributed by atoms with Crippen LogP contribution < -0.4 is 10.6 Å². The van der Waals surface area contributed by atoms with Crippen molar-refractivity contribution in [2.75, 3.05) is 11.9 Å². The van der Waals surface area contributed by atoms with Crippen LogP contribution in [0.5, 0.6) is 0 Å². The van der Waals surface area contributed by atoms with E-state index in [1.807, 2.05) is 78.9 Å². The van der Waals surface area contributed by atoms with Crippen LogP contribution in [0.4, 0.5) is 5.69 Å². The van der Waals surface area contributed by atoms with Gasteiger partial charge < -0.3 is 20.1 Å². The van der Waals surface area contributed by atoms with Gasteiger partial charge in [0.1, 0.15) is 5.82 Å². The Morgan fingerprint density at radius 3 is 2.48 bits per heavy atom. The topological polar surface area (TPSA) is 75.1 Å². The highest BCUT2D eigenvalue weighted by molar-refractivity contribution is 7.80. The fourth-order valence-electron chi connectivity index (χ4n) is 5.68. The second-order valence-corrected chi connectivity index (χ2v) is 10.4. The summed E-state index contributed by atoms with van der Waals surface area (Å²) in [5.74, 6) is 0.811. The molecule has 0 bridgehead atoms. The van der Waals surface area contributed by atoms with Crippen LogP contribution in [0.1, 0.15) is 41.1 Å². The lowest BCUT2D eigenvalue weighted by atomic mass is 9.96. The molecule has 0 radical (unpaired) electrons. The molecule has 5 aromatic rings. The molecule has 0 unspecified atom stereocenters. The van der Waals surface area contributed by atoms with Gasteiger partial charge in [0.25, 0.3) is 0 Å². The van der Waals surface area contributed by atoms with E-state index in [0.717, 1.165) is 44.9 Å². The molecule has 3 aromatic heterocycles. The maximum Gasteiger partial charge on any atom is 0.226 e. The molecule has 0 saturated carbocycles. The summed E-state index contributed by atoms with van der Waals surface area (Å²) in [4.78, 5) is 24.6. The minimum absolute atomic E-state index is 0.0573. The molecule has 1 aliphatic heterocycles. The Morgan fingerprint density at radius 1 is 0.950 bits per heavy atom. The molecular weight excluding hydrogens is 516 g/mol. The van der Waals surface area contributed by atoms with Gasteiger partial charge >= 0.3 is 0 Å². The molecule has 0 aliphatic carbocycles. The number of thiocarbonyl (C=S) groups is 1. The predicted molar refractivity (Wildman–Crippen MR) is 162 cm³/mol. The summed E-state index contributed by atoms with van der Waals surface area (Å²) in [6, 6.07) is 27.7. The molecule has 8 heteroatoms. The molecule has 4 heterocycles. The number of amides is 1. The summed E-state index contributed by atoms with van der Waals surface area (Å²) in [5.41, 5.74) is 5.00. The monoisotopic (exact) mass is 546 g/mol. The number of aromatic nitrogens is 3. The van der Waals surface area contributed by atoms with Crippen LogP contribution >= 0.6 is 12.2 Å². The van der Waals surface area contributed by atoms with Gasteiger partial charge in [0, 0.05) is 47.8 Å². The molecule has 0 spiro atoms. The first-order valence-corrected chi connectivity index (χ1v) is 13.8. The summed E-state index contributed by atoms with van der Waals surface area (Å²) >= 11 is 5.85. The predicted octanol–water partition coefficient (Wildman–Crippen LogP) is 6.04. The Labute approximate surface area is 238 Å². The zero-order chi connectivity index (χ0) is 27.6. The van der Waals surface area contributed by atoms with Gasteiger partial charge in [-0.25, -0.2) is 4.98 Å². The molecule has 6 rings (SSSR count). The van der Waals surface area contributed by atoms with Gasteiger partial charge in [-0.15, -0.1) is 0 Å². The molecule has 1 saturated heterocycles. The minimum atomic E-state index is -0.160. The third-order valence-corrected chi connectivity index (χ3v) is 7.86. The van der Waals surface area contributed by atoms with Crippen molar-refractivity contribution in [2.45, 2.75) is 32.4 Å². The van der Waals surface area contributed by atoms with E-state index in [4.69, 9.17) is 12.2 Å². The smallest absolute Gasteiger partial charge is 0.226 e. The number of nitrogens with one attached hydrogen (secondary N) is 2. The minimum Gasteiger partial charge on any atom is -0.352 e. The largest absolute Gasteiger partial charge is 0.352 e. The number of aryl methyl sites for hydroxylation is 1. The molecule has 2 N–H and O–H groups in total. The molecule has 2 aromatic carbocycles. The standard InChI is InChI=1S/C32H30N6OS/c1-21-20-25(22(2)38(21)28-15-6-8-18-34-28)31-30(27-13-5-7-17-33-27)36-32(40)37(31)19-16-29(39)35-26-14-9-11-23-10-3-4-12-24(23)26/h3-15,17-18,20,30-31H,16,19H2,1-2H3,(H,35,39)(H,36,40)/t30-,31+/m0/s1. The van der Waals surface area contributed by atoms with Crippen molar-refractivity contribution in [2.24, 2.45) is 0 Å². The lowest BCUT2D eigenvalue weighted by Crippen LogP contribution is -2.33. The first kappa shape index (κ1) is 25.7. The molecule has 1 aliphatic rings. The van der Waals surface area contributed by atoms with Crippen LogP contribution in [0.25, 0.3) is 16.6 Å². The van der Waals surface area contributed by atoms with E-state index in [1.165, 1.54) is 0 Å². The zero-order valence-corrected chi connectivity index (χ0v) is 23.2. The molecule has 7 nitrogen and oxygen atoms in total. The van der Waals surface area contributed by atoms with E-state index in [9.17, 15) is 4.79 Å². The van der Waals surface area contributed by atoms with E-state index >= 15 is 0 Å². The number of hydrogen-bond acceptors (Lipinski definition) is 4. The van der Waals surface area contributed by atoms with Crippen molar-refractivity contribution >= 4 is 39.7 Å². The van der Waals surface area contributed by atoms with Gasteiger partial charge in [-0.1, -0.05) is 48.5 Å². The number of carbonyl (C=O) groups excluding carboxylic acids is 1. The number of hydrogen-bond donors (Lipinski definition) is 2. The Hall–Kier alpha value is -4.56. The number of rotatable bonds is 7. The lowest BCUT2D eigenvalue weighted by Gasteiger charge is -2.28. The van der Waals surface area contributed by atoms with Gasteiger partial charge in [-0.3, -0.25) is 9.78 Å². The number of anilines is 1. The highest BCUT2D eigenvalue weighted by Gasteiger charge is 2.41. The number of carbonyl (C=O) groups is 1. The number of benzene rings is 2. The summed E-state index contributed by atoms with van der Waals surface area (Å²) in [5, 5.41) is 9.34. The van der Waals surface area contributed by atoms with Crippen molar-refractivity contribution in [3.63, 3.8) is 0 Å². The Kier molecular flexibility index (Phi) is 7.00. The highest BCUT2D eigenvalue weighted by atomic mass is 32.1. The van der Waals surface area contributed by atoms with Gasteiger partial charge in [0.2, 0.25) is 5.91 Å². The number of pyridine rings is 2. The summed E-state index contributed by atoms with van der Waals surface area (Å²) in [7, 11) is 0. The van der Waals surface area contributed by atoms with E-state index in [2.05, 4.69) is 50.0 Å². The summed E-state index contributed by atoms with van der Waals surface area (Å²) in [6.07, 6.45) is 3.89. The second-order valence-electron chi connectivity index (χ2n) is 9.99. The fraction of sp³-hybridized carbons (Fsp3) is 0.188. The molecule has 1 fully saturated rings. The first-order valence-electron chi connectivity index (χ1n) is 13.4. The Bertz CT molecular complexity index is 1680. The van der Waals surface area contributed by atoms with Crippen molar-refractivity contribution in [1.29, 1.82) is 0 Å². The van der Waals surface area contributed by atoms with Crippen LogP contribution in [0.3, 0.4) is 0 Å². The van der Waals surface area contributed by atoms with E-state index in [-0.39, 0.29) is 24.4 Å². The van der Waals surface area contributed by atoms with Crippen LogP contribution in [-0.2, 0) is 4.79 Å². The summed E-state index contributed by atoms with van der Waals surface area (Å²) in [6.45, 7) is 4.66. The lowest BCUT2D eigenvalue weighted by molar-refractivity contribution is -0.116. The number of nitrogens with zero attached hydrogens (tertiary/aromatic N) is 4. The molecule has 200 valence electrons. The van der Waals surface area contributed by atoms with Crippen molar-refractivity contribution in [3.8, 4) is 5.82 Å². The zero-order valence-electron chi connectivity index (χ0n) is 22.4. The van der Waals surface area contributed by atoms with E-state index in [0.29, 0.717) is 11.7 Å². The summed E-state index contributed by atoms with van der Waals surface area (Å²) < 4.78 is 2.16. The first-order chi connectivity index (χ1) is 19.5. The number of fused-ring (bicyclic) bond motifs is 1. The van der Waals surface area contributed by atoms with Gasteiger partial charge in [0.05, 0.1) is 17.8 Å². The van der Waals surface area contributed by atoms with E-state index in [1.54, 1.807) is 12.4 Å².